The van der Waals surface area contributed by atoms with E-state index >= 15 is 0 Å². The van der Waals surface area contributed by atoms with Crippen LogP contribution in [-0.2, 0) is 9.53 Å². The van der Waals surface area contributed by atoms with E-state index in [0.29, 0.717) is 12.0 Å². The zero-order valence-electron chi connectivity index (χ0n) is 11.2. The molecule has 0 aromatic heterocycles. The monoisotopic (exact) mass is 229 g/mol. The number of esters is 1. The second-order valence-electron chi connectivity index (χ2n) is 5.33. The van der Waals surface area contributed by atoms with Gasteiger partial charge in [-0.05, 0) is 31.6 Å². The summed E-state index contributed by atoms with van der Waals surface area (Å²) in [7, 11) is 0. The fraction of sp³-hybridized carbons (Fsp3) is 0.923. The maximum absolute atomic E-state index is 11.1. The number of carbonyl (C=O) groups is 1. The Hall–Kier alpha value is -0.570. The quantitative estimate of drug-likeness (QED) is 0.514. The third kappa shape index (κ3) is 7.69. The van der Waals surface area contributed by atoms with Gasteiger partial charge in [0.05, 0.1) is 6.61 Å². The maximum Gasteiger partial charge on any atom is 0.322 e. The summed E-state index contributed by atoms with van der Waals surface area (Å²) in [4.78, 5) is 11.1. The van der Waals surface area contributed by atoms with Gasteiger partial charge in [0.2, 0.25) is 0 Å². The lowest BCUT2D eigenvalue weighted by Crippen LogP contribution is -2.29. The SMILES string of the molecule is CCCCC(C)(C)CCCOC(=O)C(C)N. The van der Waals surface area contributed by atoms with Crippen molar-refractivity contribution in [1.29, 1.82) is 0 Å². The van der Waals surface area contributed by atoms with Gasteiger partial charge >= 0.3 is 5.97 Å². The van der Waals surface area contributed by atoms with Gasteiger partial charge in [0.15, 0.2) is 0 Å². The molecule has 0 fully saturated rings. The predicted molar refractivity (Wildman–Crippen MR) is 67.1 cm³/mol. The largest absolute Gasteiger partial charge is 0.465 e. The van der Waals surface area contributed by atoms with E-state index in [1.807, 2.05) is 0 Å². The highest BCUT2D eigenvalue weighted by atomic mass is 16.5. The average molecular weight is 229 g/mol. The fourth-order valence-electron chi connectivity index (χ4n) is 1.64. The smallest absolute Gasteiger partial charge is 0.322 e. The van der Waals surface area contributed by atoms with Crippen molar-refractivity contribution < 1.29 is 9.53 Å². The van der Waals surface area contributed by atoms with Crippen LogP contribution in [0.2, 0.25) is 0 Å². The van der Waals surface area contributed by atoms with Crippen LogP contribution in [0.25, 0.3) is 0 Å². The minimum atomic E-state index is -0.506. The van der Waals surface area contributed by atoms with E-state index in [1.54, 1.807) is 6.92 Å². The van der Waals surface area contributed by atoms with Gasteiger partial charge in [-0.25, -0.2) is 0 Å². The summed E-state index contributed by atoms with van der Waals surface area (Å²) in [5.74, 6) is -0.300. The minimum absolute atomic E-state index is 0.300. The molecule has 0 aromatic carbocycles. The van der Waals surface area contributed by atoms with Gasteiger partial charge in [-0.15, -0.1) is 0 Å². The van der Waals surface area contributed by atoms with Crippen molar-refractivity contribution in [2.75, 3.05) is 6.61 Å². The van der Waals surface area contributed by atoms with Crippen molar-refractivity contribution in [2.24, 2.45) is 11.1 Å². The van der Waals surface area contributed by atoms with Crippen LogP contribution < -0.4 is 5.73 Å². The number of ether oxygens (including phenoxy) is 1. The molecule has 2 N–H and O–H groups in total. The predicted octanol–water partition coefficient (Wildman–Crippen LogP) is 2.87. The van der Waals surface area contributed by atoms with Crippen molar-refractivity contribution in [1.82, 2.24) is 0 Å². The highest BCUT2D eigenvalue weighted by Crippen LogP contribution is 2.28. The third-order valence-electron chi connectivity index (χ3n) is 2.82. The molecular formula is C13H27NO2. The Morgan fingerprint density at radius 1 is 1.31 bits per heavy atom. The molecule has 3 nitrogen and oxygen atoms in total. The molecule has 0 aromatic rings. The van der Waals surface area contributed by atoms with Gasteiger partial charge in [0, 0.05) is 0 Å². The van der Waals surface area contributed by atoms with E-state index in [1.165, 1.54) is 19.3 Å². The molecular weight excluding hydrogens is 202 g/mol. The number of carbonyl (C=O) groups excluding carboxylic acids is 1. The van der Waals surface area contributed by atoms with Crippen LogP contribution in [0, 0.1) is 5.41 Å². The third-order valence-corrected chi connectivity index (χ3v) is 2.82. The summed E-state index contributed by atoms with van der Waals surface area (Å²) in [5, 5.41) is 0. The van der Waals surface area contributed by atoms with Crippen LogP contribution in [0.5, 0.6) is 0 Å². The Morgan fingerprint density at radius 3 is 2.38 bits per heavy atom. The van der Waals surface area contributed by atoms with Gasteiger partial charge in [0.1, 0.15) is 6.04 Å². The van der Waals surface area contributed by atoms with Crippen LogP contribution in [0.15, 0.2) is 0 Å². The van der Waals surface area contributed by atoms with Gasteiger partial charge in [-0.1, -0.05) is 33.6 Å². The Labute approximate surface area is 99.7 Å². The molecule has 0 radical (unpaired) electrons. The van der Waals surface area contributed by atoms with E-state index in [2.05, 4.69) is 20.8 Å². The molecule has 0 aliphatic carbocycles. The molecule has 96 valence electrons. The Kier molecular flexibility index (Phi) is 7.39. The first-order valence-electron chi connectivity index (χ1n) is 6.31. The lowest BCUT2D eigenvalue weighted by molar-refractivity contribution is -0.145. The van der Waals surface area contributed by atoms with E-state index in [-0.39, 0.29) is 5.97 Å². The van der Waals surface area contributed by atoms with E-state index in [0.717, 1.165) is 12.8 Å². The number of unbranched alkanes of at least 4 members (excludes halogenated alkanes) is 1. The first-order chi connectivity index (χ1) is 7.39. The minimum Gasteiger partial charge on any atom is -0.465 e. The number of nitrogens with two attached hydrogens (primary N) is 1. The molecule has 0 rings (SSSR count). The van der Waals surface area contributed by atoms with E-state index in [4.69, 9.17) is 10.5 Å². The van der Waals surface area contributed by atoms with Gasteiger partial charge in [-0.3, -0.25) is 4.79 Å². The summed E-state index contributed by atoms with van der Waals surface area (Å²) in [6.45, 7) is 8.90. The zero-order valence-corrected chi connectivity index (χ0v) is 11.2. The molecule has 1 atom stereocenters. The number of rotatable bonds is 8. The molecule has 3 heteroatoms. The van der Waals surface area contributed by atoms with Gasteiger partial charge < -0.3 is 10.5 Å². The Morgan fingerprint density at radius 2 is 1.88 bits per heavy atom. The number of hydrogen-bond donors (Lipinski definition) is 1. The van der Waals surface area contributed by atoms with Crippen molar-refractivity contribution >= 4 is 5.97 Å². The first-order valence-corrected chi connectivity index (χ1v) is 6.31. The van der Waals surface area contributed by atoms with Crippen molar-refractivity contribution in [3.63, 3.8) is 0 Å². The van der Waals surface area contributed by atoms with E-state index < -0.39 is 6.04 Å². The topological polar surface area (TPSA) is 52.3 Å². The average Bonchev–Trinajstić information content (AvgIpc) is 2.21. The highest BCUT2D eigenvalue weighted by molar-refractivity contribution is 5.74. The fourth-order valence-corrected chi connectivity index (χ4v) is 1.64. The summed E-state index contributed by atoms with van der Waals surface area (Å²) < 4.78 is 5.04. The molecule has 0 bridgehead atoms. The number of hydrogen-bond acceptors (Lipinski definition) is 3. The molecule has 0 aliphatic rings. The lowest BCUT2D eigenvalue weighted by atomic mass is 9.83. The summed E-state index contributed by atoms with van der Waals surface area (Å²) >= 11 is 0. The lowest BCUT2D eigenvalue weighted by Gasteiger charge is -2.24. The second kappa shape index (κ2) is 7.66. The van der Waals surface area contributed by atoms with Gasteiger partial charge in [-0.2, -0.15) is 0 Å². The summed E-state index contributed by atoms with van der Waals surface area (Å²) in [5.41, 5.74) is 5.75. The molecule has 0 spiro atoms. The van der Waals surface area contributed by atoms with Crippen molar-refractivity contribution in [2.45, 2.75) is 65.8 Å². The molecule has 0 aliphatic heterocycles. The molecule has 0 saturated carbocycles. The van der Waals surface area contributed by atoms with Crippen LogP contribution in [0.4, 0.5) is 0 Å². The van der Waals surface area contributed by atoms with Crippen LogP contribution in [-0.4, -0.2) is 18.6 Å². The summed E-state index contributed by atoms with van der Waals surface area (Å²) in [6, 6.07) is -0.506. The van der Waals surface area contributed by atoms with Gasteiger partial charge in [0.25, 0.3) is 0 Å². The molecule has 0 heterocycles. The first kappa shape index (κ1) is 15.4. The standard InChI is InChI=1S/C13H27NO2/c1-5-6-8-13(3,4)9-7-10-16-12(15)11(2)14/h11H,5-10,14H2,1-4H3. The van der Waals surface area contributed by atoms with Crippen molar-refractivity contribution in [3.8, 4) is 0 Å². The van der Waals surface area contributed by atoms with Crippen LogP contribution in [0.3, 0.4) is 0 Å². The highest BCUT2D eigenvalue weighted by Gasteiger charge is 2.17. The summed E-state index contributed by atoms with van der Waals surface area (Å²) in [6.07, 6.45) is 5.77. The van der Waals surface area contributed by atoms with Crippen molar-refractivity contribution in [3.05, 3.63) is 0 Å². The molecule has 0 saturated heterocycles. The maximum atomic E-state index is 11.1. The zero-order chi connectivity index (χ0) is 12.6. The Bertz CT molecular complexity index is 200. The van der Waals surface area contributed by atoms with Crippen LogP contribution in [0.1, 0.15) is 59.8 Å². The Balaban J connectivity index is 3.61. The normalized spacial score (nSPS) is 13.6. The molecule has 1 unspecified atom stereocenters. The second-order valence-corrected chi connectivity index (χ2v) is 5.33. The molecule has 16 heavy (non-hydrogen) atoms. The van der Waals surface area contributed by atoms with Crippen LogP contribution >= 0.6 is 0 Å². The molecule has 0 amide bonds. The van der Waals surface area contributed by atoms with E-state index in [9.17, 15) is 4.79 Å².